The van der Waals surface area contributed by atoms with Gasteiger partial charge in [0.15, 0.2) is 0 Å². The molecule has 0 spiro atoms. The van der Waals surface area contributed by atoms with Crippen LogP contribution in [0.4, 0.5) is 10.1 Å². The van der Waals surface area contributed by atoms with Crippen molar-refractivity contribution in [1.29, 1.82) is 0 Å². The summed E-state index contributed by atoms with van der Waals surface area (Å²) in [7, 11) is 1.74. The Balaban J connectivity index is 2.37. The lowest BCUT2D eigenvalue weighted by Gasteiger charge is -2.21. The van der Waals surface area contributed by atoms with E-state index in [9.17, 15) is 9.18 Å². The van der Waals surface area contributed by atoms with E-state index in [0.717, 1.165) is 16.8 Å². The molecule has 0 saturated carbocycles. The Morgan fingerprint density at radius 3 is 2.30 bits per heavy atom. The summed E-state index contributed by atoms with van der Waals surface area (Å²) in [5.41, 5.74) is 4.23. The predicted octanol–water partition coefficient (Wildman–Crippen LogP) is 4.03. The van der Waals surface area contributed by atoms with Gasteiger partial charge in [0.05, 0.1) is 0 Å². The smallest absolute Gasteiger partial charge is 0.258 e. The molecule has 2 aromatic rings. The maximum Gasteiger partial charge on any atom is 0.258 e. The highest BCUT2D eigenvalue weighted by Gasteiger charge is 2.17. The first-order chi connectivity index (χ1) is 9.40. The Labute approximate surface area is 118 Å². The second-order valence-electron chi connectivity index (χ2n) is 5.11. The van der Waals surface area contributed by atoms with Gasteiger partial charge in [-0.15, -0.1) is 0 Å². The molecule has 0 saturated heterocycles. The average molecular weight is 271 g/mol. The molecule has 0 heterocycles. The molecule has 0 atom stereocenters. The van der Waals surface area contributed by atoms with Gasteiger partial charge in [-0.1, -0.05) is 17.7 Å². The number of carbonyl (C=O) groups is 1. The quantitative estimate of drug-likeness (QED) is 0.807. The number of benzene rings is 2. The van der Waals surface area contributed by atoms with E-state index in [0.29, 0.717) is 11.1 Å². The minimum absolute atomic E-state index is 0.130. The molecule has 0 radical (unpaired) electrons. The number of aryl methyl sites for hydroxylation is 3. The Hall–Kier alpha value is -2.16. The fourth-order valence-electron chi connectivity index (χ4n) is 2.34. The van der Waals surface area contributed by atoms with Crippen LogP contribution in [0.3, 0.4) is 0 Å². The van der Waals surface area contributed by atoms with E-state index in [1.54, 1.807) is 18.9 Å². The summed E-state index contributed by atoms with van der Waals surface area (Å²) in [5.74, 6) is -0.456. The normalized spacial score (nSPS) is 10.4. The minimum atomic E-state index is -0.326. The maximum atomic E-state index is 13.1. The van der Waals surface area contributed by atoms with Crippen molar-refractivity contribution in [3.8, 4) is 0 Å². The lowest BCUT2D eigenvalue weighted by molar-refractivity contribution is 0.0992. The Kier molecular flexibility index (Phi) is 3.89. The summed E-state index contributed by atoms with van der Waals surface area (Å²) >= 11 is 0. The van der Waals surface area contributed by atoms with Crippen LogP contribution in [0.5, 0.6) is 0 Å². The van der Waals surface area contributed by atoms with E-state index in [1.807, 2.05) is 32.0 Å². The number of carbonyl (C=O) groups excluding carboxylic acids is 1. The number of halogens is 1. The van der Waals surface area contributed by atoms with Crippen molar-refractivity contribution in [3.63, 3.8) is 0 Å². The second kappa shape index (κ2) is 5.45. The Morgan fingerprint density at radius 2 is 1.70 bits per heavy atom. The van der Waals surface area contributed by atoms with Crippen molar-refractivity contribution in [3.05, 3.63) is 64.5 Å². The maximum absolute atomic E-state index is 13.1. The molecule has 0 aliphatic carbocycles. The van der Waals surface area contributed by atoms with E-state index in [-0.39, 0.29) is 11.7 Å². The third-order valence-electron chi connectivity index (χ3n) is 3.44. The molecule has 0 aliphatic rings. The monoisotopic (exact) mass is 271 g/mol. The lowest BCUT2D eigenvalue weighted by Crippen LogP contribution is -2.27. The standard InChI is InChI=1S/C17H18FNO/c1-11-5-8-16(13(3)9-11)19(4)17(20)15-7-6-14(18)10-12(15)2/h5-10H,1-4H3. The number of hydrogen-bond donors (Lipinski definition) is 0. The molecule has 0 aliphatic heterocycles. The Bertz CT molecular complexity index is 664. The SMILES string of the molecule is Cc1ccc(N(C)C(=O)c2ccc(F)cc2C)c(C)c1. The summed E-state index contributed by atoms with van der Waals surface area (Å²) in [6, 6.07) is 10.2. The highest BCUT2D eigenvalue weighted by molar-refractivity contribution is 6.07. The molecule has 2 rings (SSSR count). The molecular formula is C17H18FNO. The lowest BCUT2D eigenvalue weighted by atomic mass is 10.1. The van der Waals surface area contributed by atoms with Gasteiger partial charge in [0.2, 0.25) is 0 Å². The van der Waals surface area contributed by atoms with Crippen molar-refractivity contribution in [2.24, 2.45) is 0 Å². The summed E-state index contributed by atoms with van der Waals surface area (Å²) < 4.78 is 13.1. The van der Waals surface area contributed by atoms with Gasteiger partial charge in [-0.05, 0) is 56.2 Å². The van der Waals surface area contributed by atoms with E-state index in [2.05, 4.69) is 0 Å². The van der Waals surface area contributed by atoms with Crippen LogP contribution in [-0.2, 0) is 0 Å². The third kappa shape index (κ3) is 2.72. The van der Waals surface area contributed by atoms with E-state index < -0.39 is 0 Å². The molecule has 2 nitrogen and oxygen atoms in total. The third-order valence-corrected chi connectivity index (χ3v) is 3.44. The number of rotatable bonds is 2. The molecule has 3 heteroatoms. The molecular weight excluding hydrogens is 253 g/mol. The van der Waals surface area contributed by atoms with Crippen molar-refractivity contribution >= 4 is 11.6 Å². The van der Waals surface area contributed by atoms with Gasteiger partial charge in [-0.2, -0.15) is 0 Å². The zero-order chi connectivity index (χ0) is 14.9. The predicted molar refractivity (Wildman–Crippen MR) is 79.8 cm³/mol. The summed E-state index contributed by atoms with van der Waals surface area (Å²) in [5, 5.41) is 0. The first kappa shape index (κ1) is 14.3. The van der Waals surface area contributed by atoms with E-state index in [4.69, 9.17) is 0 Å². The van der Waals surface area contributed by atoms with Gasteiger partial charge in [0.25, 0.3) is 5.91 Å². The van der Waals surface area contributed by atoms with Crippen molar-refractivity contribution in [2.45, 2.75) is 20.8 Å². The summed E-state index contributed by atoms with van der Waals surface area (Å²) in [6.45, 7) is 5.73. The van der Waals surface area contributed by atoms with E-state index in [1.165, 1.54) is 18.2 Å². The molecule has 0 N–H and O–H groups in total. The first-order valence-corrected chi connectivity index (χ1v) is 6.51. The fraction of sp³-hybridized carbons (Fsp3) is 0.235. The highest BCUT2D eigenvalue weighted by Crippen LogP contribution is 2.22. The van der Waals surface area contributed by atoms with Gasteiger partial charge in [0.1, 0.15) is 5.82 Å². The van der Waals surface area contributed by atoms with Crippen molar-refractivity contribution in [2.75, 3.05) is 11.9 Å². The van der Waals surface area contributed by atoms with Gasteiger partial charge < -0.3 is 4.90 Å². The molecule has 20 heavy (non-hydrogen) atoms. The second-order valence-corrected chi connectivity index (χ2v) is 5.11. The van der Waals surface area contributed by atoms with Gasteiger partial charge in [0, 0.05) is 18.3 Å². The van der Waals surface area contributed by atoms with Crippen LogP contribution in [0.25, 0.3) is 0 Å². The van der Waals surface area contributed by atoms with Gasteiger partial charge >= 0.3 is 0 Å². The fourth-order valence-corrected chi connectivity index (χ4v) is 2.34. The molecule has 0 bridgehead atoms. The first-order valence-electron chi connectivity index (χ1n) is 6.51. The van der Waals surface area contributed by atoms with Crippen molar-refractivity contribution in [1.82, 2.24) is 0 Å². The van der Waals surface area contributed by atoms with Crippen LogP contribution in [0.1, 0.15) is 27.0 Å². The molecule has 1 amide bonds. The van der Waals surface area contributed by atoms with Crippen LogP contribution in [0, 0.1) is 26.6 Å². The zero-order valence-electron chi connectivity index (χ0n) is 12.2. The molecule has 104 valence electrons. The van der Waals surface area contributed by atoms with Crippen LogP contribution < -0.4 is 4.90 Å². The van der Waals surface area contributed by atoms with Crippen LogP contribution in [0.2, 0.25) is 0 Å². The highest BCUT2D eigenvalue weighted by atomic mass is 19.1. The van der Waals surface area contributed by atoms with Crippen molar-refractivity contribution < 1.29 is 9.18 Å². The largest absolute Gasteiger partial charge is 0.311 e. The topological polar surface area (TPSA) is 20.3 Å². The van der Waals surface area contributed by atoms with Gasteiger partial charge in [-0.25, -0.2) is 4.39 Å². The number of amides is 1. The van der Waals surface area contributed by atoms with Crippen LogP contribution in [0.15, 0.2) is 36.4 Å². The minimum Gasteiger partial charge on any atom is -0.311 e. The van der Waals surface area contributed by atoms with Crippen LogP contribution in [-0.4, -0.2) is 13.0 Å². The molecule has 0 fully saturated rings. The van der Waals surface area contributed by atoms with E-state index >= 15 is 0 Å². The number of anilines is 1. The zero-order valence-corrected chi connectivity index (χ0v) is 12.2. The van der Waals surface area contributed by atoms with Crippen LogP contribution >= 0.6 is 0 Å². The molecule has 0 unspecified atom stereocenters. The average Bonchev–Trinajstić information content (AvgIpc) is 2.37. The van der Waals surface area contributed by atoms with Gasteiger partial charge in [-0.3, -0.25) is 4.79 Å². The molecule has 0 aromatic heterocycles. The summed E-state index contributed by atoms with van der Waals surface area (Å²) in [6.07, 6.45) is 0. The molecule has 2 aromatic carbocycles. The Morgan fingerprint density at radius 1 is 1.00 bits per heavy atom. The summed E-state index contributed by atoms with van der Waals surface area (Å²) in [4.78, 5) is 14.1. The number of nitrogens with zero attached hydrogens (tertiary/aromatic N) is 1. The number of hydrogen-bond acceptors (Lipinski definition) is 1.